The zero-order chi connectivity index (χ0) is 19.9. The molecule has 1 aliphatic carbocycles. The van der Waals surface area contributed by atoms with Crippen molar-refractivity contribution in [3.63, 3.8) is 0 Å². The molecule has 1 fully saturated rings. The van der Waals surface area contributed by atoms with Crippen molar-refractivity contribution in [2.45, 2.75) is 38.0 Å². The standard InChI is InChI=1S/C18H18F3N7/c1-11-6-13(14-9-28(27-26-14)10-17(22)3-4-17)24-16(7-11)25-15-8-12(2-5-23-15)18(19,20)21/h2,5-9H,3-4,10,22H2,1H3,(H,23,24,25). The summed E-state index contributed by atoms with van der Waals surface area (Å²) in [7, 11) is 0. The van der Waals surface area contributed by atoms with E-state index in [0.717, 1.165) is 36.7 Å². The molecule has 10 heteroatoms. The van der Waals surface area contributed by atoms with Crippen molar-refractivity contribution in [3.8, 4) is 11.4 Å². The lowest BCUT2D eigenvalue weighted by atomic mass is 10.2. The van der Waals surface area contributed by atoms with E-state index in [2.05, 4.69) is 25.6 Å². The van der Waals surface area contributed by atoms with Crippen LogP contribution in [0.2, 0.25) is 0 Å². The number of aromatic nitrogens is 5. The summed E-state index contributed by atoms with van der Waals surface area (Å²) in [5, 5.41) is 11.1. The Bertz CT molecular complexity index is 1010. The van der Waals surface area contributed by atoms with Crippen LogP contribution in [0.5, 0.6) is 0 Å². The minimum atomic E-state index is -4.44. The molecule has 3 aromatic heterocycles. The highest BCUT2D eigenvalue weighted by atomic mass is 19.4. The van der Waals surface area contributed by atoms with Crippen LogP contribution in [0.4, 0.5) is 24.8 Å². The largest absolute Gasteiger partial charge is 0.416 e. The average molecular weight is 389 g/mol. The van der Waals surface area contributed by atoms with E-state index in [4.69, 9.17) is 5.73 Å². The van der Waals surface area contributed by atoms with Gasteiger partial charge in [0.05, 0.1) is 24.0 Å². The Hall–Kier alpha value is -3.01. The SMILES string of the molecule is Cc1cc(Nc2cc(C(F)(F)F)ccn2)nc(-c2cn(CC3(N)CC3)nn2)c1. The number of hydrogen-bond donors (Lipinski definition) is 2. The van der Waals surface area contributed by atoms with Gasteiger partial charge in [-0.3, -0.25) is 0 Å². The third kappa shape index (κ3) is 4.11. The number of nitrogens with zero attached hydrogens (tertiary/aromatic N) is 5. The van der Waals surface area contributed by atoms with Crippen molar-refractivity contribution < 1.29 is 13.2 Å². The van der Waals surface area contributed by atoms with Gasteiger partial charge >= 0.3 is 6.18 Å². The fourth-order valence-corrected chi connectivity index (χ4v) is 2.80. The Balaban J connectivity index is 1.58. The zero-order valence-electron chi connectivity index (χ0n) is 15.0. The van der Waals surface area contributed by atoms with Crippen molar-refractivity contribution >= 4 is 11.6 Å². The summed E-state index contributed by atoms with van der Waals surface area (Å²) in [5.74, 6) is 0.426. The summed E-state index contributed by atoms with van der Waals surface area (Å²) in [6.07, 6.45) is 0.353. The Labute approximate surface area is 158 Å². The third-order valence-electron chi connectivity index (χ3n) is 4.48. The first-order valence-corrected chi connectivity index (χ1v) is 8.69. The quantitative estimate of drug-likeness (QED) is 0.695. The first-order valence-electron chi connectivity index (χ1n) is 8.69. The molecule has 28 heavy (non-hydrogen) atoms. The molecule has 0 saturated heterocycles. The van der Waals surface area contributed by atoms with Gasteiger partial charge in [-0.15, -0.1) is 5.10 Å². The number of aryl methyl sites for hydroxylation is 1. The summed E-state index contributed by atoms with van der Waals surface area (Å²) in [6, 6.07) is 5.41. The number of rotatable bonds is 5. The van der Waals surface area contributed by atoms with Crippen LogP contribution in [0.25, 0.3) is 11.4 Å². The van der Waals surface area contributed by atoms with Crippen molar-refractivity contribution in [2.24, 2.45) is 5.73 Å². The molecule has 3 N–H and O–H groups in total. The lowest BCUT2D eigenvalue weighted by molar-refractivity contribution is -0.137. The van der Waals surface area contributed by atoms with Gasteiger partial charge in [-0.05, 0) is 49.6 Å². The second kappa shape index (κ2) is 6.55. The first-order chi connectivity index (χ1) is 13.2. The molecule has 0 aromatic carbocycles. The van der Waals surface area contributed by atoms with Crippen LogP contribution in [0.1, 0.15) is 24.0 Å². The van der Waals surface area contributed by atoms with E-state index in [0.29, 0.717) is 23.8 Å². The van der Waals surface area contributed by atoms with E-state index in [1.807, 2.05) is 13.0 Å². The smallest absolute Gasteiger partial charge is 0.325 e. The molecule has 0 aliphatic heterocycles. The molecule has 4 rings (SSSR count). The molecule has 3 heterocycles. The van der Waals surface area contributed by atoms with Crippen LogP contribution in [0, 0.1) is 6.92 Å². The van der Waals surface area contributed by atoms with Gasteiger partial charge in [0.15, 0.2) is 0 Å². The van der Waals surface area contributed by atoms with E-state index in [-0.39, 0.29) is 11.4 Å². The number of halogens is 3. The number of pyridine rings is 2. The number of nitrogens with two attached hydrogens (primary N) is 1. The molecule has 146 valence electrons. The van der Waals surface area contributed by atoms with E-state index < -0.39 is 11.7 Å². The molecule has 3 aromatic rings. The fraction of sp³-hybridized carbons (Fsp3) is 0.333. The van der Waals surface area contributed by atoms with Crippen molar-refractivity contribution in [2.75, 3.05) is 5.32 Å². The molecular formula is C18H18F3N7. The van der Waals surface area contributed by atoms with Gasteiger partial charge in [-0.25, -0.2) is 14.6 Å². The highest BCUT2D eigenvalue weighted by molar-refractivity contribution is 5.61. The van der Waals surface area contributed by atoms with Crippen LogP contribution in [0.15, 0.2) is 36.7 Å². The monoisotopic (exact) mass is 389 g/mol. The highest BCUT2D eigenvalue weighted by Crippen LogP contribution is 2.34. The van der Waals surface area contributed by atoms with E-state index in [9.17, 15) is 13.2 Å². The van der Waals surface area contributed by atoms with Crippen LogP contribution < -0.4 is 11.1 Å². The Kier molecular flexibility index (Phi) is 4.30. The normalized spacial score (nSPS) is 15.5. The zero-order valence-corrected chi connectivity index (χ0v) is 15.0. The third-order valence-corrected chi connectivity index (χ3v) is 4.48. The molecular weight excluding hydrogens is 371 g/mol. The molecule has 7 nitrogen and oxygen atoms in total. The highest BCUT2D eigenvalue weighted by Gasteiger charge is 2.38. The van der Waals surface area contributed by atoms with Crippen LogP contribution in [-0.4, -0.2) is 30.5 Å². The maximum absolute atomic E-state index is 12.9. The number of alkyl halides is 3. The topological polar surface area (TPSA) is 94.5 Å². The van der Waals surface area contributed by atoms with Gasteiger partial charge in [0.2, 0.25) is 0 Å². The summed E-state index contributed by atoms with van der Waals surface area (Å²) >= 11 is 0. The van der Waals surface area contributed by atoms with Crippen molar-refractivity contribution in [1.29, 1.82) is 0 Å². The molecule has 1 saturated carbocycles. The second-order valence-corrected chi connectivity index (χ2v) is 7.13. The number of hydrogen-bond acceptors (Lipinski definition) is 6. The van der Waals surface area contributed by atoms with E-state index in [1.54, 1.807) is 16.9 Å². The molecule has 0 bridgehead atoms. The first kappa shape index (κ1) is 18.4. The second-order valence-electron chi connectivity index (χ2n) is 7.13. The van der Waals surface area contributed by atoms with Crippen LogP contribution in [0.3, 0.4) is 0 Å². The predicted molar refractivity (Wildman–Crippen MR) is 96.7 cm³/mol. The molecule has 1 aliphatic rings. The van der Waals surface area contributed by atoms with Gasteiger partial charge in [0, 0.05) is 11.7 Å². The van der Waals surface area contributed by atoms with E-state index in [1.165, 1.54) is 0 Å². The summed E-state index contributed by atoms with van der Waals surface area (Å²) in [5.41, 5.74) is 7.11. The lowest BCUT2D eigenvalue weighted by Crippen LogP contribution is -2.28. The average Bonchev–Trinajstić information content (AvgIpc) is 3.15. The number of nitrogens with one attached hydrogen (secondary N) is 1. The molecule has 0 atom stereocenters. The minimum Gasteiger partial charge on any atom is -0.325 e. The number of anilines is 2. The Morgan fingerprint density at radius 1 is 1.18 bits per heavy atom. The molecule has 0 radical (unpaired) electrons. The van der Waals surface area contributed by atoms with Gasteiger partial charge in [0.1, 0.15) is 17.3 Å². The Morgan fingerprint density at radius 3 is 2.68 bits per heavy atom. The maximum atomic E-state index is 12.9. The summed E-state index contributed by atoms with van der Waals surface area (Å²) < 4.78 is 40.3. The van der Waals surface area contributed by atoms with Crippen LogP contribution >= 0.6 is 0 Å². The van der Waals surface area contributed by atoms with Crippen molar-refractivity contribution in [3.05, 3.63) is 47.8 Å². The van der Waals surface area contributed by atoms with Crippen molar-refractivity contribution in [1.82, 2.24) is 25.0 Å². The summed E-state index contributed by atoms with van der Waals surface area (Å²) in [6.45, 7) is 2.45. The maximum Gasteiger partial charge on any atom is 0.416 e. The molecule has 0 amide bonds. The van der Waals surface area contributed by atoms with Gasteiger partial charge < -0.3 is 11.1 Å². The van der Waals surface area contributed by atoms with Crippen LogP contribution in [-0.2, 0) is 12.7 Å². The van der Waals surface area contributed by atoms with E-state index >= 15 is 0 Å². The summed E-state index contributed by atoms with van der Waals surface area (Å²) in [4.78, 5) is 8.37. The van der Waals surface area contributed by atoms with Gasteiger partial charge in [-0.1, -0.05) is 5.21 Å². The fourth-order valence-electron chi connectivity index (χ4n) is 2.80. The minimum absolute atomic E-state index is 0.0568. The molecule has 0 unspecified atom stereocenters. The predicted octanol–water partition coefficient (Wildman–Crippen LogP) is 3.30. The lowest BCUT2D eigenvalue weighted by Gasteiger charge is -2.10. The van der Waals surface area contributed by atoms with Gasteiger partial charge in [-0.2, -0.15) is 13.2 Å². The van der Waals surface area contributed by atoms with Gasteiger partial charge in [0.25, 0.3) is 0 Å². The molecule has 0 spiro atoms. The Morgan fingerprint density at radius 2 is 1.96 bits per heavy atom.